The minimum atomic E-state index is 0.328. The van der Waals surface area contributed by atoms with Crippen molar-refractivity contribution in [1.82, 2.24) is 0 Å². The molecule has 1 nitrogen and oxygen atoms in total. The van der Waals surface area contributed by atoms with Crippen molar-refractivity contribution in [2.24, 2.45) is 11.7 Å². The van der Waals surface area contributed by atoms with E-state index in [0.29, 0.717) is 12.0 Å². The first kappa shape index (κ1) is 11.8. The van der Waals surface area contributed by atoms with E-state index in [1.54, 1.807) is 0 Å². The molecule has 0 amide bonds. The van der Waals surface area contributed by atoms with Crippen molar-refractivity contribution in [3.8, 4) is 0 Å². The molecule has 1 fully saturated rings. The topological polar surface area (TPSA) is 26.0 Å². The Bertz CT molecular complexity index is 358. The highest BCUT2D eigenvalue weighted by molar-refractivity contribution is 9.10. The van der Waals surface area contributed by atoms with Crippen LogP contribution in [0.1, 0.15) is 5.56 Å². The van der Waals surface area contributed by atoms with E-state index >= 15 is 0 Å². The molecule has 0 bridgehead atoms. The zero-order valence-corrected chi connectivity index (χ0v) is 11.4. The van der Waals surface area contributed by atoms with Crippen LogP contribution in [0.3, 0.4) is 0 Å². The van der Waals surface area contributed by atoms with Gasteiger partial charge in [0.15, 0.2) is 0 Å². The third-order valence-electron chi connectivity index (χ3n) is 2.74. The van der Waals surface area contributed by atoms with Gasteiger partial charge in [-0.3, -0.25) is 0 Å². The first-order valence-corrected chi connectivity index (χ1v) is 7.26. The Morgan fingerprint density at radius 1 is 1.47 bits per heavy atom. The van der Waals surface area contributed by atoms with Crippen LogP contribution in [0.25, 0.3) is 0 Å². The second-order valence-corrected chi connectivity index (χ2v) is 6.30. The zero-order chi connectivity index (χ0) is 10.8. The minimum absolute atomic E-state index is 0.328. The van der Waals surface area contributed by atoms with Gasteiger partial charge in [-0.2, -0.15) is 11.8 Å². The summed E-state index contributed by atoms with van der Waals surface area (Å²) in [5, 5.41) is 0.841. The predicted molar refractivity (Wildman–Crippen MR) is 71.6 cm³/mol. The lowest BCUT2D eigenvalue weighted by molar-refractivity contribution is 0.515. The maximum atomic E-state index is 6.18. The zero-order valence-electron chi connectivity index (χ0n) is 8.25. The lowest BCUT2D eigenvalue weighted by Gasteiger charge is -2.15. The number of benzene rings is 1. The van der Waals surface area contributed by atoms with Crippen LogP contribution in [-0.4, -0.2) is 17.5 Å². The molecule has 1 aliphatic rings. The molecule has 1 saturated heterocycles. The van der Waals surface area contributed by atoms with E-state index < -0.39 is 0 Å². The first-order valence-electron chi connectivity index (χ1n) is 4.94. The Labute approximate surface area is 108 Å². The van der Waals surface area contributed by atoms with Gasteiger partial charge in [0.2, 0.25) is 0 Å². The number of thioether (sulfide) groups is 1. The van der Waals surface area contributed by atoms with Crippen LogP contribution >= 0.6 is 39.3 Å². The van der Waals surface area contributed by atoms with Gasteiger partial charge < -0.3 is 5.73 Å². The van der Waals surface area contributed by atoms with Gasteiger partial charge in [0.25, 0.3) is 0 Å². The molecule has 0 radical (unpaired) electrons. The summed E-state index contributed by atoms with van der Waals surface area (Å²) < 4.78 is 1.03. The van der Waals surface area contributed by atoms with E-state index in [2.05, 4.69) is 22.0 Å². The van der Waals surface area contributed by atoms with E-state index in [4.69, 9.17) is 17.3 Å². The summed E-state index contributed by atoms with van der Waals surface area (Å²) in [6.45, 7) is 0. The van der Waals surface area contributed by atoms with Crippen LogP contribution in [0.5, 0.6) is 0 Å². The van der Waals surface area contributed by atoms with Crippen LogP contribution in [0.2, 0.25) is 5.02 Å². The van der Waals surface area contributed by atoms with Crippen LogP contribution in [0.4, 0.5) is 0 Å². The SMILES string of the molecule is NC1CSCC1Cc1ccc(Br)cc1Cl. The average molecular weight is 307 g/mol. The molecule has 2 atom stereocenters. The van der Waals surface area contributed by atoms with Gasteiger partial charge in [-0.25, -0.2) is 0 Å². The highest BCUT2D eigenvalue weighted by Crippen LogP contribution is 2.29. The molecule has 1 heterocycles. The van der Waals surface area contributed by atoms with E-state index in [9.17, 15) is 0 Å². The summed E-state index contributed by atoms with van der Waals surface area (Å²) in [6.07, 6.45) is 1.00. The Balaban J connectivity index is 2.10. The largest absolute Gasteiger partial charge is 0.327 e. The van der Waals surface area contributed by atoms with Crippen LogP contribution in [0.15, 0.2) is 22.7 Å². The van der Waals surface area contributed by atoms with Crippen molar-refractivity contribution in [2.75, 3.05) is 11.5 Å². The van der Waals surface area contributed by atoms with Crippen molar-refractivity contribution < 1.29 is 0 Å². The Kier molecular flexibility index (Phi) is 3.99. The number of halogens is 2. The highest BCUT2D eigenvalue weighted by atomic mass is 79.9. The van der Waals surface area contributed by atoms with Gasteiger partial charge in [0, 0.05) is 21.3 Å². The second-order valence-electron chi connectivity index (χ2n) is 3.90. The third kappa shape index (κ3) is 2.90. The molecular weight excluding hydrogens is 294 g/mol. The predicted octanol–water partition coefficient (Wildman–Crippen LogP) is 3.34. The van der Waals surface area contributed by atoms with Crippen LogP contribution in [-0.2, 0) is 6.42 Å². The van der Waals surface area contributed by atoms with Crippen molar-refractivity contribution in [3.05, 3.63) is 33.3 Å². The molecule has 82 valence electrons. The summed E-state index contributed by atoms with van der Waals surface area (Å²) in [6, 6.07) is 6.40. The van der Waals surface area contributed by atoms with Gasteiger partial charge in [-0.05, 0) is 35.8 Å². The van der Waals surface area contributed by atoms with Crippen molar-refractivity contribution >= 4 is 39.3 Å². The van der Waals surface area contributed by atoms with E-state index in [-0.39, 0.29) is 0 Å². The molecule has 0 spiro atoms. The molecule has 0 saturated carbocycles. The summed E-state index contributed by atoms with van der Waals surface area (Å²) >= 11 is 11.5. The maximum absolute atomic E-state index is 6.18. The van der Waals surface area contributed by atoms with E-state index in [1.165, 1.54) is 5.56 Å². The first-order chi connectivity index (χ1) is 7.16. The van der Waals surface area contributed by atoms with Crippen LogP contribution in [0, 0.1) is 5.92 Å². The standard InChI is InChI=1S/C11H13BrClNS/c12-9-2-1-7(10(13)4-9)3-8-5-15-6-11(8)14/h1-2,4,8,11H,3,5-6,14H2. The fourth-order valence-electron chi connectivity index (χ4n) is 1.80. The van der Waals surface area contributed by atoms with Crippen molar-refractivity contribution in [3.63, 3.8) is 0 Å². The number of hydrogen-bond acceptors (Lipinski definition) is 2. The summed E-state index contributed by atoms with van der Waals surface area (Å²) in [5.41, 5.74) is 7.24. The Morgan fingerprint density at radius 3 is 2.87 bits per heavy atom. The number of hydrogen-bond donors (Lipinski definition) is 1. The number of nitrogens with two attached hydrogens (primary N) is 1. The molecular formula is C11H13BrClNS. The van der Waals surface area contributed by atoms with Gasteiger partial charge in [0.05, 0.1) is 0 Å². The minimum Gasteiger partial charge on any atom is -0.327 e. The van der Waals surface area contributed by atoms with Gasteiger partial charge >= 0.3 is 0 Å². The van der Waals surface area contributed by atoms with Gasteiger partial charge in [-0.15, -0.1) is 0 Å². The maximum Gasteiger partial charge on any atom is 0.0449 e. The quantitative estimate of drug-likeness (QED) is 0.907. The fraction of sp³-hybridized carbons (Fsp3) is 0.455. The lowest BCUT2D eigenvalue weighted by Crippen LogP contribution is -2.29. The molecule has 2 N–H and O–H groups in total. The Hall–Kier alpha value is 0.300. The molecule has 4 heteroatoms. The smallest absolute Gasteiger partial charge is 0.0449 e. The van der Waals surface area contributed by atoms with Crippen molar-refractivity contribution in [1.29, 1.82) is 0 Å². The van der Waals surface area contributed by atoms with Gasteiger partial charge in [0.1, 0.15) is 0 Å². The second kappa shape index (κ2) is 5.09. The van der Waals surface area contributed by atoms with E-state index in [1.807, 2.05) is 23.9 Å². The monoisotopic (exact) mass is 305 g/mol. The molecule has 0 aliphatic carbocycles. The Morgan fingerprint density at radius 2 is 2.27 bits per heavy atom. The van der Waals surface area contributed by atoms with Gasteiger partial charge in [-0.1, -0.05) is 33.6 Å². The summed E-state index contributed by atoms with van der Waals surface area (Å²) in [4.78, 5) is 0. The molecule has 1 aromatic carbocycles. The molecule has 1 aliphatic heterocycles. The van der Waals surface area contributed by atoms with Crippen LogP contribution < -0.4 is 5.73 Å². The molecule has 1 aromatic rings. The van der Waals surface area contributed by atoms with Crippen molar-refractivity contribution in [2.45, 2.75) is 12.5 Å². The third-order valence-corrected chi connectivity index (χ3v) is 4.87. The molecule has 2 rings (SSSR count). The normalized spacial score (nSPS) is 25.8. The summed E-state index contributed by atoms with van der Waals surface area (Å²) in [5.74, 6) is 2.82. The average Bonchev–Trinajstić information content (AvgIpc) is 2.57. The highest BCUT2D eigenvalue weighted by Gasteiger charge is 2.25. The molecule has 2 unspecified atom stereocenters. The lowest BCUT2D eigenvalue weighted by atomic mass is 9.96. The number of rotatable bonds is 2. The fourth-order valence-corrected chi connectivity index (χ4v) is 3.89. The van der Waals surface area contributed by atoms with E-state index in [0.717, 1.165) is 27.4 Å². The molecule has 0 aromatic heterocycles. The summed E-state index contributed by atoms with van der Waals surface area (Å²) in [7, 11) is 0. The molecule has 15 heavy (non-hydrogen) atoms.